The van der Waals surface area contributed by atoms with Gasteiger partial charge >= 0.3 is 0 Å². The largest absolute Gasteiger partial charge is 0.330 e. The molecule has 2 aliphatic rings. The van der Waals surface area contributed by atoms with Crippen molar-refractivity contribution >= 4 is 29.0 Å². The number of aliphatic imine (C=N–C) groups is 2. The molecule has 0 spiro atoms. The van der Waals surface area contributed by atoms with Gasteiger partial charge in [0, 0.05) is 6.21 Å². The number of thiophene rings is 1. The lowest BCUT2D eigenvalue weighted by Crippen LogP contribution is -2.02. The molecule has 0 saturated heterocycles. The van der Waals surface area contributed by atoms with E-state index in [-0.39, 0.29) is 0 Å². The quantitative estimate of drug-likeness (QED) is 0.881. The molecule has 100 valence electrons. The number of hydrogen-bond acceptors (Lipinski definition) is 4. The van der Waals surface area contributed by atoms with Crippen molar-refractivity contribution < 1.29 is 0 Å². The summed E-state index contributed by atoms with van der Waals surface area (Å²) in [5, 5.41) is 2.08. The molecule has 0 radical (unpaired) electrons. The van der Waals surface area contributed by atoms with E-state index in [4.69, 9.17) is 5.73 Å². The zero-order valence-electron chi connectivity index (χ0n) is 11.2. The second kappa shape index (κ2) is 7.16. The van der Waals surface area contributed by atoms with E-state index in [9.17, 15) is 0 Å². The van der Waals surface area contributed by atoms with Gasteiger partial charge in [-0.3, -0.25) is 9.98 Å². The highest BCUT2D eigenvalue weighted by molar-refractivity contribution is 7.13. The maximum atomic E-state index is 5.03. The maximum absolute atomic E-state index is 5.03. The zero-order valence-corrected chi connectivity index (χ0v) is 12.0. The predicted molar refractivity (Wildman–Crippen MR) is 85.1 cm³/mol. The predicted octanol–water partition coefficient (Wildman–Crippen LogP) is 3.49. The van der Waals surface area contributed by atoms with E-state index >= 15 is 0 Å². The molecule has 0 saturated carbocycles. The average Bonchev–Trinajstić information content (AvgIpc) is 3.09. The van der Waals surface area contributed by atoms with Crippen LogP contribution in [0, 0.1) is 0 Å². The van der Waals surface area contributed by atoms with E-state index in [2.05, 4.69) is 46.6 Å². The number of nitrogens with two attached hydrogens (primary N) is 1. The van der Waals surface area contributed by atoms with Gasteiger partial charge in [0.05, 0.1) is 22.8 Å². The summed E-state index contributed by atoms with van der Waals surface area (Å²) < 4.78 is 0. The molecule has 0 fully saturated rings. The summed E-state index contributed by atoms with van der Waals surface area (Å²) in [5.41, 5.74) is 8.52. The van der Waals surface area contributed by atoms with Crippen LogP contribution in [0.2, 0.25) is 0 Å². The third kappa shape index (κ3) is 3.49. The molecule has 2 N–H and O–H groups in total. The molecule has 0 amide bonds. The summed E-state index contributed by atoms with van der Waals surface area (Å²) in [6.07, 6.45) is 10.4. The lowest BCUT2D eigenvalue weighted by atomic mass is 10.1. The highest BCUT2D eigenvalue weighted by atomic mass is 32.1. The Morgan fingerprint density at radius 3 is 2.95 bits per heavy atom. The van der Waals surface area contributed by atoms with Crippen molar-refractivity contribution in [2.24, 2.45) is 15.7 Å². The number of nitrogens with zero attached hydrogens (tertiary/aromatic N) is 2. The molecule has 1 aromatic heterocycles. The average molecular weight is 273 g/mol. The van der Waals surface area contributed by atoms with E-state index < -0.39 is 0 Å². The third-order valence-electron chi connectivity index (χ3n) is 2.79. The number of hydrogen-bond donors (Lipinski definition) is 1. The normalized spacial score (nSPS) is 16.1. The molecule has 0 unspecified atom stereocenters. The zero-order chi connectivity index (χ0) is 13.5. The van der Waals surface area contributed by atoms with Gasteiger partial charge in [-0.1, -0.05) is 25.2 Å². The van der Waals surface area contributed by atoms with E-state index in [0.29, 0.717) is 6.54 Å². The Morgan fingerprint density at radius 1 is 1.42 bits per heavy atom. The number of rotatable bonds is 2. The van der Waals surface area contributed by atoms with Crippen molar-refractivity contribution in [2.45, 2.75) is 19.8 Å². The van der Waals surface area contributed by atoms with Crippen LogP contribution < -0.4 is 5.73 Å². The van der Waals surface area contributed by atoms with Crippen LogP contribution in [-0.2, 0) is 0 Å². The van der Waals surface area contributed by atoms with Gasteiger partial charge in [-0.15, -0.1) is 11.3 Å². The van der Waals surface area contributed by atoms with E-state index in [0.717, 1.165) is 30.8 Å². The molecule has 0 atom stereocenters. The first-order valence-electron chi connectivity index (χ1n) is 6.57. The van der Waals surface area contributed by atoms with Crippen molar-refractivity contribution in [3.8, 4) is 0 Å². The van der Waals surface area contributed by atoms with Crippen LogP contribution in [0.4, 0.5) is 5.69 Å². The van der Waals surface area contributed by atoms with Gasteiger partial charge in [0.15, 0.2) is 0 Å². The first-order valence-corrected chi connectivity index (χ1v) is 7.45. The highest BCUT2D eigenvalue weighted by Crippen LogP contribution is 2.31. The fourth-order valence-corrected chi connectivity index (χ4v) is 2.68. The topological polar surface area (TPSA) is 50.7 Å². The van der Waals surface area contributed by atoms with Gasteiger partial charge in [0.2, 0.25) is 0 Å². The Hall–Kier alpha value is -1.52. The van der Waals surface area contributed by atoms with Crippen molar-refractivity contribution in [1.82, 2.24) is 0 Å². The molecule has 2 heterocycles. The van der Waals surface area contributed by atoms with Gasteiger partial charge < -0.3 is 5.73 Å². The molecule has 1 aliphatic heterocycles. The summed E-state index contributed by atoms with van der Waals surface area (Å²) in [5.74, 6) is 0. The van der Waals surface area contributed by atoms with Crippen LogP contribution >= 0.6 is 11.3 Å². The smallest absolute Gasteiger partial charge is 0.0828 e. The van der Waals surface area contributed by atoms with Crippen LogP contribution in [0.1, 0.15) is 24.6 Å². The van der Waals surface area contributed by atoms with Crippen molar-refractivity contribution in [2.75, 3.05) is 13.1 Å². The summed E-state index contributed by atoms with van der Waals surface area (Å²) in [7, 11) is 0. The molecular weight excluding hydrogens is 254 g/mol. The van der Waals surface area contributed by atoms with Gasteiger partial charge in [-0.05, 0) is 36.4 Å². The first kappa shape index (κ1) is 13.9. The fourth-order valence-electron chi connectivity index (χ4n) is 1.79. The molecule has 0 bridgehead atoms. The van der Waals surface area contributed by atoms with Gasteiger partial charge in [-0.25, -0.2) is 0 Å². The Labute approximate surface area is 118 Å². The standard InChI is InChI=1S/C12H10N2S.C3H9N/c1-2-4-9(3-1)11-12-10(5-8-15-12)13-6-7-14-11;1-2-3-4/h1-3,5-6,8H,4,7H2;2-4H2,1H3. The summed E-state index contributed by atoms with van der Waals surface area (Å²) >= 11 is 1.72. The minimum absolute atomic E-state index is 0.689. The Morgan fingerprint density at radius 2 is 2.26 bits per heavy atom. The third-order valence-corrected chi connectivity index (χ3v) is 3.70. The summed E-state index contributed by atoms with van der Waals surface area (Å²) in [4.78, 5) is 10.2. The van der Waals surface area contributed by atoms with Crippen molar-refractivity contribution in [1.29, 1.82) is 0 Å². The number of allylic oxidation sites excluding steroid dienone is 4. The maximum Gasteiger partial charge on any atom is 0.0828 e. The second-order valence-corrected chi connectivity index (χ2v) is 5.16. The first-order chi connectivity index (χ1) is 9.36. The molecule has 0 aromatic carbocycles. The van der Waals surface area contributed by atoms with Crippen LogP contribution in [0.15, 0.2) is 45.2 Å². The molecular formula is C15H19N3S. The molecule has 3 nitrogen and oxygen atoms in total. The Kier molecular flexibility index (Phi) is 5.24. The summed E-state index contributed by atoms with van der Waals surface area (Å²) in [6.45, 7) is 3.56. The lowest BCUT2D eigenvalue weighted by molar-refractivity contribution is 0.932. The van der Waals surface area contributed by atoms with Gasteiger partial charge in [0.1, 0.15) is 0 Å². The molecule has 1 aromatic rings. The van der Waals surface area contributed by atoms with Crippen molar-refractivity contribution in [3.05, 3.63) is 40.1 Å². The van der Waals surface area contributed by atoms with Crippen molar-refractivity contribution in [3.63, 3.8) is 0 Å². The van der Waals surface area contributed by atoms with E-state index in [1.54, 1.807) is 11.3 Å². The van der Waals surface area contributed by atoms with Crippen LogP contribution in [0.3, 0.4) is 0 Å². The van der Waals surface area contributed by atoms with Crippen LogP contribution in [0.25, 0.3) is 0 Å². The Bertz CT molecular complexity index is 533. The SMILES string of the molecule is C1=CCC(C2=NCC=Nc3ccsc32)=C1.CCCN. The lowest BCUT2D eigenvalue weighted by Gasteiger charge is -2.04. The fraction of sp³-hybridized carbons (Fsp3) is 0.333. The summed E-state index contributed by atoms with van der Waals surface area (Å²) in [6, 6.07) is 2.06. The Balaban J connectivity index is 0.000000297. The molecule has 1 aliphatic carbocycles. The van der Waals surface area contributed by atoms with Crippen LogP contribution in [0.5, 0.6) is 0 Å². The monoisotopic (exact) mass is 273 g/mol. The van der Waals surface area contributed by atoms with Gasteiger partial charge in [0.25, 0.3) is 0 Å². The minimum atomic E-state index is 0.689. The highest BCUT2D eigenvalue weighted by Gasteiger charge is 2.16. The van der Waals surface area contributed by atoms with Crippen LogP contribution in [-0.4, -0.2) is 25.0 Å². The molecule has 19 heavy (non-hydrogen) atoms. The minimum Gasteiger partial charge on any atom is -0.330 e. The molecule has 3 rings (SSSR count). The molecule has 4 heteroatoms. The second-order valence-electron chi connectivity index (χ2n) is 4.25. The number of fused-ring (bicyclic) bond motifs is 1. The van der Waals surface area contributed by atoms with E-state index in [1.807, 2.05) is 6.21 Å². The van der Waals surface area contributed by atoms with Gasteiger partial charge in [-0.2, -0.15) is 0 Å². The van der Waals surface area contributed by atoms with E-state index in [1.165, 1.54) is 10.5 Å².